The SMILES string of the molecule is O=C(NCc1ncn[nH]1)c1cc2ccccc2cc1O. The number of aromatic hydroxyl groups is 1. The van der Waals surface area contributed by atoms with Gasteiger partial charge in [-0.05, 0) is 22.9 Å². The first-order valence-corrected chi connectivity index (χ1v) is 6.08. The van der Waals surface area contributed by atoms with E-state index in [1.807, 2.05) is 24.3 Å². The molecule has 0 fully saturated rings. The maximum absolute atomic E-state index is 12.1. The number of H-pyrrole nitrogens is 1. The fraction of sp³-hybridized carbons (Fsp3) is 0.0714. The van der Waals surface area contributed by atoms with Crippen LogP contribution in [0.1, 0.15) is 16.2 Å². The number of nitrogens with one attached hydrogen (secondary N) is 2. The zero-order chi connectivity index (χ0) is 13.9. The van der Waals surface area contributed by atoms with Crippen LogP contribution in [0.4, 0.5) is 0 Å². The Bertz CT molecular complexity index is 753. The van der Waals surface area contributed by atoms with Gasteiger partial charge in [0, 0.05) is 0 Å². The van der Waals surface area contributed by atoms with Crippen molar-refractivity contribution in [3.63, 3.8) is 0 Å². The molecule has 3 N–H and O–H groups in total. The lowest BCUT2D eigenvalue weighted by Gasteiger charge is -2.07. The van der Waals surface area contributed by atoms with E-state index < -0.39 is 0 Å². The molecule has 20 heavy (non-hydrogen) atoms. The van der Waals surface area contributed by atoms with E-state index in [2.05, 4.69) is 20.5 Å². The molecule has 0 radical (unpaired) electrons. The van der Waals surface area contributed by atoms with Gasteiger partial charge in [0.15, 0.2) is 0 Å². The highest BCUT2D eigenvalue weighted by atomic mass is 16.3. The Kier molecular flexibility index (Phi) is 3.04. The molecule has 3 rings (SSSR count). The van der Waals surface area contributed by atoms with Gasteiger partial charge >= 0.3 is 0 Å². The fourth-order valence-electron chi connectivity index (χ4n) is 1.99. The second-order valence-electron chi connectivity index (χ2n) is 4.33. The van der Waals surface area contributed by atoms with E-state index in [9.17, 15) is 9.90 Å². The quantitative estimate of drug-likeness (QED) is 0.672. The zero-order valence-corrected chi connectivity index (χ0v) is 10.5. The number of hydrogen-bond acceptors (Lipinski definition) is 4. The number of rotatable bonds is 3. The molecule has 3 aromatic rings. The van der Waals surface area contributed by atoms with Crippen LogP contribution in [-0.4, -0.2) is 26.2 Å². The number of benzene rings is 2. The van der Waals surface area contributed by atoms with Crippen LogP contribution in [0.3, 0.4) is 0 Å². The number of fused-ring (bicyclic) bond motifs is 1. The minimum absolute atomic E-state index is 0.0428. The van der Waals surface area contributed by atoms with Crippen LogP contribution in [-0.2, 0) is 6.54 Å². The normalized spacial score (nSPS) is 10.6. The molecule has 1 aromatic heterocycles. The smallest absolute Gasteiger partial charge is 0.255 e. The Balaban J connectivity index is 1.85. The van der Waals surface area contributed by atoms with Gasteiger partial charge < -0.3 is 10.4 Å². The molecule has 1 amide bonds. The van der Waals surface area contributed by atoms with E-state index in [0.717, 1.165) is 10.8 Å². The van der Waals surface area contributed by atoms with Gasteiger partial charge in [-0.25, -0.2) is 4.98 Å². The van der Waals surface area contributed by atoms with Crippen LogP contribution in [0.5, 0.6) is 5.75 Å². The fourth-order valence-corrected chi connectivity index (χ4v) is 1.99. The summed E-state index contributed by atoms with van der Waals surface area (Å²) in [7, 11) is 0. The summed E-state index contributed by atoms with van der Waals surface area (Å²) >= 11 is 0. The number of aromatic amines is 1. The van der Waals surface area contributed by atoms with Crippen molar-refractivity contribution in [2.45, 2.75) is 6.54 Å². The lowest BCUT2D eigenvalue weighted by molar-refractivity contribution is 0.0947. The molecule has 0 saturated carbocycles. The van der Waals surface area contributed by atoms with Crippen molar-refractivity contribution < 1.29 is 9.90 Å². The summed E-state index contributed by atoms with van der Waals surface area (Å²) in [5.41, 5.74) is 0.239. The molecule has 0 aliphatic heterocycles. The Morgan fingerprint density at radius 1 is 1.25 bits per heavy atom. The number of nitrogens with zero attached hydrogens (tertiary/aromatic N) is 2. The molecular weight excluding hydrogens is 256 g/mol. The molecule has 0 saturated heterocycles. The van der Waals surface area contributed by atoms with Gasteiger partial charge in [-0.1, -0.05) is 24.3 Å². The Labute approximate surface area is 114 Å². The van der Waals surface area contributed by atoms with E-state index >= 15 is 0 Å². The first kappa shape index (κ1) is 12.2. The van der Waals surface area contributed by atoms with Crippen LogP contribution in [0.2, 0.25) is 0 Å². The monoisotopic (exact) mass is 268 g/mol. The van der Waals surface area contributed by atoms with Crippen molar-refractivity contribution >= 4 is 16.7 Å². The highest BCUT2D eigenvalue weighted by molar-refractivity contribution is 6.01. The molecule has 1 heterocycles. The molecule has 6 heteroatoms. The summed E-state index contributed by atoms with van der Waals surface area (Å²) in [5.74, 6) is 0.155. The Hall–Kier alpha value is -2.89. The first-order chi connectivity index (χ1) is 9.74. The topological polar surface area (TPSA) is 90.9 Å². The van der Waals surface area contributed by atoms with Gasteiger partial charge in [-0.2, -0.15) is 5.10 Å². The highest BCUT2D eigenvalue weighted by Gasteiger charge is 2.12. The maximum atomic E-state index is 12.1. The zero-order valence-electron chi connectivity index (χ0n) is 10.5. The predicted octanol–water partition coefficient (Wildman–Crippen LogP) is 1.59. The summed E-state index contributed by atoms with van der Waals surface area (Å²) in [4.78, 5) is 16.0. The lowest BCUT2D eigenvalue weighted by atomic mass is 10.1. The van der Waals surface area contributed by atoms with Crippen molar-refractivity contribution in [3.05, 3.63) is 54.1 Å². The lowest BCUT2D eigenvalue weighted by Crippen LogP contribution is -2.23. The van der Waals surface area contributed by atoms with Gasteiger partial charge in [-0.15, -0.1) is 0 Å². The highest BCUT2D eigenvalue weighted by Crippen LogP contribution is 2.24. The number of carbonyl (C=O) groups is 1. The van der Waals surface area contributed by atoms with Crippen LogP contribution >= 0.6 is 0 Å². The molecule has 100 valence electrons. The third-order valence-electron chi connectivity index (χ3n) is 2.99. The van der Waals surface area contributed by atoms with Gasteiger partial charge in [-0.3, -0.25) is 9.89 Å². The molecule has 0 aliphatic carbocycles. The summed E-state index contributed by atoms with van der Waals surface area (Å²) in [5, 5.41) is 20.7. The van der Waals surface area contributed by atoms with E-state index in [-0.39, 0.29) is 23.8 Å². The Morgan fingerprint density at radius 3 is 2.70 bits per heavy atom. The first-order valence-electron chi connectivity index (χ1n) is 6.08. The van der Waals surface area contributed by atoms with Crippen LogP contribution in [0, 0.1) is 0 Å². The van der Waals surface area contributed by atoms with Gasteiger partial charge in [0.05, 0.1) is 12.1 Å². The third kappa shape index (κ3) is 2.31. The molecule has 0 atom stereocenters. The van der Waals surface area contributed by atoms with Crippen molar-refractivity contribution in [1.82, 2.24) is 20.5 Å². The van der Waals surface area contributed by atoms with Gasteiger partial charge in [0.2, 0.25) is 0 Å². The van der Waals surface area contributed by atoms with Crippen LogP contribution in [0.15, 0.2) is 42.7 Å². The molecule has 6 nitrogen and oxygen atoms in total. The summed E-state index contributed by atoms with van der Waals surface area (Å²) in [6.45, 7) is 0.227. The number of phenols is 1. The largest absolute Gasteiger partial charge is 0.507 e. The standard InChI is InChI=1S/C14H12N4O2/c19-12-6-10-4-2-1-3-9(10)5-11(12)14(20)15-7-13-16-8-17-18-13/h1-6,8,19H,7H2,(H,15,20)(H,16,17,18). The molecule has 2 aromatic carbocycles. The summed E-state index contributed by atoms with van der Waals surface area (Å²) in [6, 6.07) is 10.8. The number of amides is 1. The number of phenolic OH excluding ortho intramolecular Hbond substituents is 1. The van der Waals surface area contributed by atoms with Crippen molar-refractivity contribution in [2.75, 3.05) is 0 Å². The second kappa shape index (κ2) is 5.00. The molecule has 0 spiro atoms. The number of aromatic nitrogens is 3. The van der Waals surface area contributed by atoms with Crippen molar-refractivity contribution in [3.8, 4) is 5.75 Å². The minimum atomic E-state index is -0.357. The predicted molar refractivity (Wildman–Crippen MR) is 73.2 cm³/mol. The third-order valence-corrected chi connectivity index (χ3v) is 2.99. The average Bonchev–Trinajstić information content (AvgIpc) is 2.97. The van der Waals surface area contributed by atoms with E-state index in [0.29, 0.717) is 5.82 Å². The molecule has 0 bridgehead atoms. The Morgan fingerprint density at radius 2 is 2.00 bits per heavy atom. The average molecular weight is 268 g/mol. The van der Waals surface area contributed by atoms with Crippen LogP contribution < -0.4 is 5.32 Å². The molecule has 0 unspecified atom stereocenters. The van der Waals surface area contributed by atoms with E-state index in [1.54, 1.807) is 12.1 Å². The number of hydrogen-bond donors (Lipinski definition) is 3. The van der Waals surface area contributed by atoms with Gasteiger partial charge in [0.25, 0.3) is 5.91 Å². The maximum Gasteiger partial charge on any atom is 0.255 e. The van der Waals surface area contributed by atoms with Gasteiger partial charge in [0.1, 0.15) is 17.9 Å². The summed E-state index contributed by atoms with van der Waals surface area (Å²) in [6.07, 6.45) is 1.37. The minimum Gasteiger partial charge on any atom is -0.507 e. The number of carbonyl (C=O) groups excluding carboxylic acids is 1. The molecule has 0 aliphatic rings. The molecular formula is C14H12N4O2. The van der Waals surface area contributed by atoms with E-state index in [4.69, 9.17) is 0 Å². The van der Waals surface area contributed by atoms with Crippen molar-refractivity contribution in [2.24, 2.45) is 0 Å². The summed E-state index contributed by atoms with van der Waals surface area (Å²) < 4.78 is 0. The second-order valence-corrected chi connectivity index (χ2v) is 4.33. The van der Waals surface area contributed by atoms with Crippen LogP contribution in [0.25, 0.3) is 10.8 Å². The van der Waals surface area contributed by atoms with E-state index in [1.165, 1.54) is 6.33 Å². The van der Waals surface area contributed by atoms with Crippen molar-refractivity contribution in [1.29, 1.82) is 0 Å².